The highest BCUT2D eigenvalue weighted by Gasteiger charge is 2.22. The average Bonchev–Trinajstić information content (AvgIpc) is 2.60. The Morgan fingerprint density at radius 1 is 1.53 bits per heavy atom. The zero-order chi connectivity index (χ0) is 10.7. The van der Waals surface area contributed by atoms with Crippen LogP contribution in [0.1, 0.15) is 43.2 Å². The summed E-state index contributed by atoms with van der Waals surface area (Å²) in [6.07, 6.45) is 5.09. The number of hydrogen-bond donors (Lipinski definition) is 1. The Morgan fingerprint density at radius 2 is 2.33 bits per heavy atom. The SMILES string of the molecule is COCc1ccc(C(N)CC2CCC2)o1. The number of ether oxygens (including phenoxy) is 1. The van der Waals surface area contributed by atoms with Crippen molar-refractivity contribution in [3.8, 4) is 0 Å². The van der Waals surface area contributed by atoms with E-state index < -0.39 is 0 Å². The molecule has 0 saturated heterocycles. The molecule has 0 aromatic carbocycles. The average molecular weight is 209 g/mol. The van der Waals surface area contributed by atoms with Gasteiger partial charge in [0.2, 0.25) is 0 Å². The van der Waals surface area contributed by atoms with Crippen LogP contribution in [0, 0.1) is 5.92 Å². The molecular weight excluding hydrogens is 190 g/mol. The summed E-state index contributed by atoms with van der Waals surface area (Å²) in [5.74, 6) is 2.57. The normalized spacial score (nSPS) is 18.8. The van der Waals surface area contributed by atoms with Crippen molar-refractivity contribution in [3.63, 3.8) is 0 Å². The van der Waals surface area contributed by atoms with Gasteiger partial charge in [0.25, 0.3) is 0 Å². The molecule has 0 radical (unpaired) electrons. The van der Waals surface area contributed by atoms with E-state index in [0.29, 0.717) is 6.61 Å². The fraction of sp³-hybridized carbons (Fsp3) is 0.667. The number of furan rings is 1. The molecule has 0 amide bonds. The van der Waals surface area contributed by atoms with Crippen LogP contribution in [-0.4, -0.2) is 7.11 Å². The van der Waals surface area contributed by atoms with E-state index in [1.807, 2.05) is 12.1 Å². The molecule has 3 heteroatoms. The smallest absolute Gasteiger partial charge is 0.129 e. The van der Waals surface area contributed by atoms with Crippen LogP contribution in [0.4, 0.5) is 0 Å². The van der Waals surface area contributed by atoms with E-state index in [1.54, 1.807) is 7.11 Å². The van der Waals surface area contributed by atoms with E-state index in [1.165, 1.54) is 19.3 Å². The molecule has 0 aliphatic heterocycles. The van der Waals surface area contributed by atoms with Crippen LogP contribution in [0.25, 0.3) is 0 Å². The van der Waals surface area contributed by atoms with Gasteiger partial charge in [-0.25, -0.2) is 0 Å². The summed E-state index contributed by atoms with van der Waals surface area (Å²) in [6.45, 7) is 0.524. The van der Waals surface area contributed by atoms with Crippen molar-refractivity contribution < 1.29 is 9.15 Å². The van der Waals surface area contributed by atoms with Crippen molar-refractivity contribution in [1.29, 1.82) is 0 Å². The van der Waals surface area contributed by atoms with Crippen LogP contribution in [0.3, 0.4) is 0 Å². The third-order valence-corrected chi connectivity index (χ3v) is 3.15. The lowest BCUT2D eigenvalue weighted by Gasteiger charge is -2.27. The molecule has 2 N–H and O–H groups in total. The van der Waals surface area contributed by atoms with Crippen molar-refractivity contribution in [1.82, 2.24) is 0 Å². The Labute approximate surface area is 90.6 Å². The first-order valence-electron chi connectivity index (χ1n) is 5.62. The van der Waals surface area contributed by atoms with Gasteiger partial charge in [0.1, 0.15) is 18.1 Å². The quantitative estimate of drug-likeness (QED) is 0.811. The molecule has 1 aromatic rings. The fourth-order valence-corrected chi connectivity index (χ4v) is 2.02. The Kier molecular flexibility index (Phi) is 3.44. The molecule has 0 spiro atoms. The Bertz CT molecular complexity index is 304. The summed E-state index contributed by atoms with van der Waals surface area (Å²) in [5.41, 5.74) is 6.08. The second kappa shape index (κ2) is 4.81. The van der Waals surface area contributed by atoms with Crippen LogP contribution < -0.4 is 5.73 Å². The Balaban J connectivity index is 1.89. The van der Waals surface area contributed by atoms with Crippen LogP contribution in [0.2, 0.25) is 0 Å². The first-order valence-corrected chi connectivity index (χ1v) is 5.62. The summed E-state index contributed by atoms with van der Waals surface area (Å²) >= 11 is 0. The van der Waals surface area contributed by atoms with Crippen molar-refractivity contribution in [2.75, 3.05) is 7.11 Å². The van der Waals surface area contributed by atoms with Gasteiger partial charge in [-0.05, 0) is 24.5 Å². The largest absolute Gasteiger partial charge is 0.462 e. The molecule has 1 aliphatic carbocycles. The minimum Gasteiger partial charge on any atom is -0.462 e. The van der Waals surface area contributed by atoms with Gasteiger partial charge in [-0.2, -0.15) is 0 Å². The van der Waals surface area contributed by atoms with E-state index >= 15 is 0 Å². The molecule has 84 valence electrons. The van der Waals surface area contributed by atoms with Gasteiger partial charge < -0.3 is 14.9 Å². The van der Waals surface area contributed by atoms with E-state index in [2.05, 4.69) is 0 Å². The monoisotopic (exact) mass is 209 g/mol. The molecule has 1 unspecified atom stereocenters. The molecule has 1 aliphatic rings. The first kappa shape index (κ1) is 10.7. The number of hydrogen-bond acceptors (Lipinski definition) is 3. The molecule has 0 bridgehead atoms. The minimum atomic E-state index is 0.0564. The topological polar surface area (TPSA) is 48.4 Å². The van der Waals surface area contributed by atoms with E-state index in [9.17, 15) is 0 Å². The standard InChI is InChI=1S/C12H19NO2/c1-14-8-10-5-6-12(15-10)11(13)7-9-3-2-4-9/h5-6,9,11H,2-4,7-8,13H2,1H3. The predicted molar refractivity (Wildman–Crippen MR) is 58.3 cm³/mol. The van der Waals surface area contributed by atoms with Crippen LogP contribution in [-0.2, 0) is 11.3 Å². The number of nitrogens with two attached hydrogens (primary N) is 1. The van der Waals surface area contributed by atoms with Crippen molar-refractivity contribution in [3.05, 3.63) is 23.7 Å². The Hall–Kier alpha value is -0.800. The summed E-state index contributed by atoms with van der Waals surface area (Å²) in [6, 6.07) is 3.97. The fourth-order valence-electron chi connectivity index (χ4n) is 2.02. The summed E-state index contributed by atoms with van der Waals surface area (Å²) in [7, 11) is 1.66. The lowest BCUT2D eigenvalue weighted by Crippen LogP contribution is -2.19. The minimum absolute atomic E-state index is 0.0564. The zero-order valence-corrected chi connectivity index (χ0v) is 9.24. The molecule has 15 heavy (non-hydrogen) atoms. The van der Waals surface area contributed by atoms with E-state index in [0.717, 1.165) is 23.9 Å². The van der Waals surface area contributed by atoms with Crippen LogP contribution >= 0.6 is 0 Å². The molecule has 1 heterocycles. The summed E-state index contributed by atoms with van der Waals surface area (Å²) in [5, 5.41) is 0. The van der Waals surface area contributed by atoms with E-state index in [4.69, 9.17) is 14.9 Å². The van der Waals surface area contributed by atoms with Gasteiger partial charge >= 0.3 is 0 Å². The third kappa shape index (κ3) is 2.61. The second-order valence-electron chi connectivity index (χ2n) is 4.38. The lowest BCUT2D eigenvalue weighted by atomic mass is 9.80. The van der Waals surface area contributed by atoms with Crippen LogP contribution in [0.5, 0.6) is 0 Å². The van der Waals surface area contributed by atoms with Crippen molar-refractivity contribution in [2.24, 2.45) is 11.7 Å². The third-order valence-electron chi connectivity index (χ3n) is 3.15. The van der Waals surface area contributed by atoms with Gasteiger partial charge in [0.05, 0.1) is 6.04 Å². The summed E-state index contributed by atoms with van der Waals surface area (Å²) < 4.78 is 10.6. The number of rotatable bonds is 5. The number of methoxy groups -OCH3 is 1. The maximum absolute atomic E-state index is 6.08. The molecule has 3 nitrogen and oxygen atoms in total. The second-order valence-corrected chi connectivity index (χ2v) is 4.38. The summed E-state index contributed by atoms with van der Waals surface area (Å²) in [4.78, 5) is 0. The molecule has 2 rings (SSSR count). The van der Waals surface area contributed by atoms with Gasteiger partial charge in [-0.3, -0.25) is 0 Å². The molecular formula is C12H19NO2. The highest BCUT2D eigenvalue weighted by atomic mass is 16.5. The van der Waals surface area contributed by atoms with Gasteiger partial charge in [0.15, 0.2) is 0 Å². The van der Waals surface area contributed by atoms with Crippen molar-refractivity contribution >= 4 is 0 Å². The first-order chi connectivity index (χ1) is 7.29. The Morgan fingerprint density at radius 3 is 2.93 bits per heavy atom. The van der Waals surface area contributed by atoms with E-state index in [-0.39, 0.29) is 6.04 Å². The molecule has 1 saturated carbocycles. The highest BCUT2D eigenvalue weighted by Crippen LogP contribution is 2.34. The van der Waals surface area contributed by atoms with Crippen LogP contribution in [0.15, 0.2) is 16.5 Å². The maximum Gasteiger partial charge on any atom is 0.129 e. The lowest BCUT2D eigenvalue weighted by molar-refractivity contribution is 0.161. The van der Waals surface area contributed by atoms with Gasteiger partial charge in [-0.15, -0.1) is 0 Å². The molecule has 1 atom stereocenters. The maximum atomic E-state index is 6.08. The van der Waals surface area contributed by atoms with Gasteiger partial charge in [0, 0.05) is 7.11 Å². The predicted octanol–water partition coefficient (Wildman–Crippen LogP) is 2.62. The van der Waals surface area contributed by atoms with Crippen molar-refractivity contribution in [2.45, 2.75) is 38.3 Å². The highest BCUT2D eigenvalue weighted by molar-refractivity contribution is 5.10. The van der Waals surface area contributed by atoms with Gasteiger partial charge in [-0.1, -0.05) is 19.3 Å². The molecule has 1 aromatic heterocycles. The zero-order valence-electron chi connectivity index (χ0n) is 9.24. The molecule has 1 fully saturated rings.